The van der Waals surface area contributed by atoms with E-state index in [0.717, 1.165) is 5.92 Å². The Morgan fingerprint density at radius 3 is 2.27 bits per heavy atom. The molecule has 2 bridgehead atoms. The van der Waals surface area contributed by atoms with Crippen molar-refractivity contribution >= 4 is 17.0 Å². The molecule has 0 amide bonds. The monoisotopic (exact) mass is 216 g/mol. The van der Waals surface area contributed by atoms with Gasteiger partial charge in [-0.1, -0.05) is 25.0 Å². The lowest BCUT2D eigenvalue weighted by Crippen LogP contribution is -2.41. The van der Waals surface area contributed by atoms with Gasteiger partial charge in [-0.2, -0.15) is 0 Å². The maximum atomic E-state index is 2.40. The number of allylic oxidation sites excluding steroid dienone is 2. The summed E-state index contributed by atoms with van der Waals surface area (Å²) in [7, 11) is 0. The minimum absolute atomic E-state index is 0. The summed E-state index contributed by atoms with van der Waals surface area (Å²) in [6.45, 7) is 7.12. The van der Waals surface area contributed by atoms with Gasteiger partial charge in [-0.05, 0) is 37.5 Å². The maximum absolute atomic E-state index is 2.40. The number of hydrogen-bond acceptors (Lipinski definition) is 0. The summed E-state index contributed by atoms with van der Waals surface area (Å²) < 4.78 is 0. The van der Waals surface area contributed by atoms with Crippen LogP contribution >= 0.6 is 17.0 Å². The minimum atomic E-state index is 0. The molecule has 1 atom stereocenters. The van der Waals surface area contributed by atoms with Crippen molar-refractivity contribution in [1.82, 2.24) is 0 Å². The Hall–Kier alpha value is 0.220. The predicted octanol–water partition coefficient (Wildman–Crippen LogP) is 3.72. The second kappa shape index (κ2) is 2.62. The molecule has 3 aliphatic rings. The van der Waals surface area contributed by atoms with Crippen LogP contribution in [0.1, 0.15) is 40.0 Å². The van der Waals surface area contributed by atoms with Crippen molar-refractivity contribution in [2.45, 2.75) is 40.0 Å². The van der Waals surface area contributed by atoms with E-state index in [0.29, 0.717) is 5.41 Å². The first-order chi connectivity index (χ1) is 4.62. The average Bonchev–Trinajstić information content (AvgIpc) is 1.87. The third-order valence-electron chi connectivity index (χ3n) is 3.63. The van der Waals surface area contributed by atoms with Crippen molar-refractivity contribution in [3.8, 4) is 0 Å². The molecule has 1 heteroatoms. The van der Waals surface area contributed by atoms with E-state index in [-0.39, 0.29) is 17.0 Å². The van der Waals surface area contributed by atoms with Crippen molar-refractivity contribution in [1.29, 1.82) is 0 Å². The highest BCUT2D eigenvalue weighted by molar-refractivity contribution is 8.93. The van der Waals surface area contributed by atoms with Crippen LogP contribution in [0.5, 0.6) is 0 Å². The first-order valence-electron chi connectivity index (χ1n) is 4.31. The largest absolute Gasteiger partial charge is 0.114 e. The second-order valence-corrected chi connectivity index (χ2v) is 4.42. The molecular weight excluding hydrogens is 200 g/mol. The molecule has 0 aliphatic heterocycles. The summed E-state index contributed by atoms with van der Waals surface area (Å²) in [6.07, 6.45) is 4.24. The van der Waals surface area contributed by atoms with Gasteiger partial charge >= 0.3 is 0 Å². The fraction of sp³-hybridized carbons (Fsp3) is 0.800. The predicted molar refractivity (Wildman–Crippen MR) is 54.1 cm³/mol. The molecule has 64 valence electrons. The number of fused-ring (bicyclic) bond motifs is 2. The van der Waals surface area contributed by atoms with Crippen LogP contribution in [0.25, 0.3) is 0 Å². The van der Waals surface area contributed by atoms with Crippen LogP contribution in [0.3, 0.4) is 0 Å². The van der Waals surface area contributed by atoms with Crippen molar-refractivity contribution in [2.75, 3.05) is 0 Å². The molecule has 11 heavy (non-hydrogen) atoms. The van der Waals surface area contributed by atoms with Crippen LogP contribution in [0.15, 0.2) is 11.1 Å². The van der Waals surface area contributed by atoms with Crippen LogP contribution in [0.2, 0.25) is 0 Å². The Labute approximate surface area is 79.8 Å². The van der Waals surface area contributed by atoms with E-state index in [4.69, 9.17) is 0 Å². The summed E-state index contributed by atoms with van der Waals surface area (Å²) in [4.78, 5) is 0. The van der Waals surface area contributed by atoms with Gasteiger partial charge in [-0.25, -0.2) is 0 Å². The zero-order chi connectivity index (χ0) is 7.35. The topological polar surface area (TPSA) is 0 Å². The fourth-order valence-electron chi connectivity index (χ4n) is 2.61. The molecule has 0 aromatic heterocycles. The minimum Gasteiger partial charge on any atom is -0.114 e. The van der Waals surface area contributed by atoms with Gasteiger partial charge in [0.2, 0.25) is 0 Å². The Morgan fingerprint density at radius 2 is 2.00 bits per heavy atom. The van der Waals surface area contributed by atoms with Crippen molar-refractivity contribution < 1.29 is 0 Å². The molecule has 0 N–H and O–H groups in total. The Morgan fingerprint density at radius 1 is 1.36 bits per heavy atom. The van der Waals surface area contributed by atoms with Crippen molar-refractivity contribution in [3.05, 3.63) is 11.1 Å². The first-order valence-corrected chi connectivity index (χ1v) is 4.31. The van der Waals surface area contributed by atoms with Gasteiger partial charge in [0, 0.05) is 0 Å². The van der Waals surface area contributed by atoms with E-state index in [2.05, 4.69) is 20.8 Å². The van der Waals surface area contributed by atoms with Crippen molar-refractivity contribution in [3.63, 3.8) is 0 Å². The summed E-state index contributed by atoms with van der Waals surface area (Å²) in [5, 5.41) is 0. The highest BCUT2D eigenvalue weighted by Crippen LogP contribution is 2.58. The van der Waals surface area contributed by atoms with Crippen LogP contribution in [-0.2, 0) is 0 Å². The van der Waals surface area contributed by atoms with Gasteiger partial charge in [-0.3, -0.25) is 0 Å². The summed E-state index contributed by atoms with van der Waals surface area (Å²) >= 11 is 0. The van der Waals surface area contributed by atoms with Gasteiger partial charge < -0.3 is 0 Å². The molecular formula is C10H17Br. The standard InChI is InChI=1S/C10H16.BrH/c1-7-4-5-8-6-9(7)10(8,2)3;/h8H,4-6H2,1-3H3;1H. The lowest BCUT2D eigenvalue weighted by Gasteiger charge is -2.52. The smallest absolute Gasteiger partial charge is 0.0111 e. The van der Waals surface area contributed by atoms with Gasteiger partial charge in [0.25, 0.3) is 0 Å². The molecule has 0 heterocycles. The summed E-state index contributed by atoms with van der Waals surface area (Å²) in [6, 6.07) is 0. The molecule has 0 spiro atoms. The number of halogens is 1. The normalized spacial score (nSPS) is 32.5. The van der Waals surface area contributed by atoms with E-state index in [1.165, 1.54) is 19.3 Å². The highest BCUT2D eigenvalue weighted by Gasteiger charge is 2.46. The SMILES string of the molecule is Br.CC1=C2CC(CC1)C2(C)C. The molecule has 3 aliphatic carbocycles. The van der Waals surface area contributed by atoms with E-state index in [9.17, 15) is 0 Å². The van der Waals surface area contributed by atoms with Crippen LogP contribution < -0.4 is 0 Å². The third kappa shape index (κ3) is 1.09. The van der Waals surface area contributed by atoms with Crippen LogP contribution in [0, 0.1) is 11.3 Å². The third-order valence-corrected chi connectivity index (χ3v) is 3.63. The summed E-state index contributed by atoms with van der Waals surface area (Å²) in [5.74, 6) is 1.02. The van der Waals surface area contributed by atoms with E-state index in [1.54, 1.807) is 11.1 Å². The molecule has 0 saturated heterocycles. The lowest BCUT2D eigenvalue weighted by molar-refractivity contribution is 0.133. The van der Waals surface area contributed by atoms with Gasteiger partial charge in [-0.15, -0.1) is 17.0 Å². The molecule has 1 saturated carbocycles. The molecule has 0 nitrogen and oxygen atoms in total. The Balaban J connectivity index is 0.000000605. The molecule has 3 rings (SSSR count). The zero-order valence-corrected chi connectivity index (χ0v) is 9.32. The number of rotatable bonds is 0. The van der Waals surface area contributed by atoms with E-state index >= 15 is 0 Å². The Kier molecular flexibility index (Phi) is 2.21. The van der Waals surface area contributed by atoms with Gasteiger partial charge in [0.1, 0.15) is 0 Å². The Bertz CT molecular complexity index is 201. The number of hydrogen-bond donors (Lipinski definition) is 0. The average molecular weight is 217 g/mol. The molecule has 0 radical (unpaired) electrons. The van der Waals surface area contributed by atoms with Gasteiger partial charge in [0.05, 0.1) is 0 Å². The van der Waals surface area contributed by atoms with E-state index < -0.39 is 0 Å². The molecule has 1 unspecified atom stereocenters. The van der Waals surface area contributed by atoms with Crippen molar-refractivity contribution in [2.24, 2.45) is 11.3 Å². The summed E-state index contributed by atoms with van der Waals surface area (Å²) in [5.41, 5.74) is 4.04. The quantitative estimate of drug-likeness (QED) is 0.542. The zero-order valence-electron chi connectivity index (χ0n) is 7.61. The van der Waals surface area contributed by atoms with E-state index in [1.807, 2.05) is 0 Å². The molecule has 1 fully saturated rings. The highest BCUT2D eigenvalue weighted by atomic mass is 79.9. The first kappa shape index (κ1) is 9.31. The fourth-order valence-corrected chi connectivity index (χ4v) is 2.61. The molecule has 0 aromatic carbocycles. The van der Waals surface area contributed by atoms with Crippen LogP contribution in [-0.4, -0.2) is 0 Å². The van der Waals surface area contributed by atoms with Gasteiger partial charge in [0.15, 0.2) is 0 Å². The van der Waals surface area contributed by atoms with Crippen LogP contribution in [0.4, 0.5) is 0 Å². The maximum Gasteiger partial charge on any atom is -0.0111 e. The molecule has 0 aromatic rings. The second-order valence-electron chi connectivity index (χ2n) is 4.42. The lowest BCUT2D eigenvalue weighted by atomic mass is 9.52.